The van der Waals surface area contributed by atoms with Gasteiger partial charge < -0.3 is 15.0 Å². The molecular formula is C32H40N4O5. The Morgan fingerprint density at radius 1 is 1.07 bits per heavy atom. The highest BCUT2D eigenvalue weighted by Gasteiger charge is 2.48. The Morgan fingerprint density at radius 3 is 2.61 bits per heavy atom. The minimum atomic E-state index is -0.457. The van der Waals surface area contributed by atoms with Gasteiger partial charge in [-0.3, -0.25) is 29.4 Å². The summed E-state index contributed by atoms with van der Waals surface area (Å²) in [5.41, 5.74) is 4.27. The summed E-state index contributed by atoms with van der Waals surface area (Å²) in [7, 11) is 3.53. The highest BCUT2D eigenvalue weighted by atomic mass is 16.5. The first-order chi connectivity index (χ1) is 19.8. The van der Waals surface area contributed by atoms with Gasteiger partial charge >= 0.3 is 0 Å². The summed E-state index contributed by atoms with van der Waals surface area (Å²) in [5.74, 6) is 0.395. The highest BCUT2D eigenvalue weighted by Crippen LogP contribution is 2.46. The molecule has 41 heavy (non-hydrogen) atoms. The van der Waals surface area contributed by atoms with Crippen molar-refractivity contribution < 1.29 is 23.9 Å². The second-order valence-corrected chi connectivity index (χ2v) is 11.6. The molecule has 3 heterocycles. The van der Waals surface area contributed by atoms with E-state index in [0.29, 0.717) is 24.9 Å². The number of likely N-dealkylation sites (tertiary alicyclic amines) is 1. The normalized spacial score (nSPS) is 20.2. The van der Waals surface area contributed by atoms with E-state index in [1.54, 1.807) is 7.11 Å². The van der Waals surface area contributed by atoms with Gasteiger partial charge in [-0.1, -0.05) is 24.6 Å². The Hall–Kier alpha value is -3.56. The number of likely N-dealkylation sites (N-methyl/N-ethyl adjacent to an activating group) is 1. The monoisotopic (exact) mass is 560 g/mol. The van der Waals surface area contributed by atoms with E-state index < -0.39 is 5.41 Å². The Bertz CT molecular complexity index is 1320. The van der Waals surface area contributed by atoms with Gasteiger partial charge in [-0.05, 0) is 100 Å². The van der Waals surface area contributed by atoms with Crippen LogP contribution in [0.2, 0.25) is 0 Å². The number of imide groups is 1. The summed E-state index contributed by atoms with van der Waals surface area (Å²) in [6.07, 6.45) is 7.33. The standard InChI is InChI=1S/C32H40N4O5/c1-35(28-12-13-29(38)34-30(28)39)20-25-22(8-6-9-23(25)21-37)7-4-3-5-16-36-17-14-32(15-18-36)26-19-24(41-2)10-11-27(26)33-31(32)40/h6,8-11,19,21,28H,3-5,7,12-18,20H2,1-2H3,(H,33,40)(H,34,38,39). The molecule has 0 aliphatic carbocycles. The molecule has 9 nitrogen and oxygen atoms in total. The molecule has 0 radical (unpaired) electrons. The smallest absolute Gasteiger partial charge is 0.243 e. The van der Waals surface area contributed by atoms with Crippen molar-refractivity contribution in [2.45, 2.75) is 69.4 Å². The number of rotatable bonds is 11. The summed E-state index contributed by atoms with van der Waals surface area (Å²) in [5, 5.41) is 5.50. The van der Waals surface area contributed by atoms with E-state index >= 15 is 0 Å². The molecule has 2 N–H and O–H groups in total. The average Bonchev–Trinajstić information content (AvgIpc) is 3.24. The van der Waals surface area contributed by atoms with Crippen LogP contribution < -0.4 is 15.4 Å². The number of fused-ring (bicyclic) bond motifs is 2. The fourth-order valence-corrected chi connectivity index (χ4v) is 6.66. The van der Waals surface area contributed by atoms with Crippen LogP contribution in [0.25, 0.3) is 0 Å². The Morgan fingerprint density at radius 2 is 1.88 bits per heavy atom. The van der Waals surface area contributed by atoms with E-state index in [4.69, 9.17) is 4.74 Å². The van der Waals surface area contributed by atoms with Gasteiger partial charge in [0.2, 0.25) is 17.7 Å². The number of benzene rings is 2. The first-order valence-corrected chi connectivity index (χ1v) is 14.7. The fourth-order valence-electron chi connectivity index (χ4n) is 6.66. The predicted molar refractivity (Wildman–Crippen MR) is 156 cm³/mol. The van der Waals surface area contributed by atoms with Crippen LogP contribution in [0.3, 0.4) is 0 Å². The number of aldehydes is 1. The molecule has 3 amide bonds. The first-order valence-electron chi connectivity index (χ1n) is 14.7. The van der Waals surface area contributed by atoms with Crippen molar-refractivity contribution in [2.75, 3.05) is 39.1 Å². The van der Waals surface area contributed by atoms with Gasteiger partial charge in [0.25, 0.3) is 0 Å². The van der Waals surface area contributed by atoms with Crippen LogP contribution in [-0.4, -0.2) is 73.6 Å². The maximum atomic E-state index is 13.0. The van der Waals surface area contributed by atoms with Crippen molar-refractivity contribution in [3.05, 3.63) is 58.7 Å². The Balaban J connectivity index is 1.11. The van der Waals surface area contributed by atoms with E-state index in [0.717, 1.165) is 92.6 Å². The Labute approximate surface area is 241 Å². The number of aryl methyl sites for hydroxylation is 1. The summed E-state index contributed by atoms with van der Waals surface area (Å²) < 4.78 is 5.42. The molecule has 218 valence electrons. The number of nitrogens with one attached hydrogen (secondary N) is 2. The first kappa shape index (κ1) is 29.0. The number of piperidine rings is 2. The molecule has 9 heteroatoms. The van der Waals surface area contributed by atoms with Gasteiger partial charge in [0.05, 0.1) is 18.6 Å². The van der Waals surface area contributed by atoms with E-state index in [9.17, 15) is 19.2 Å². The molecule has 5 rings (SSSR count). The van der Waals surface area contributed by atoms with Crippen molar-refractivity contribution in [3.63, 3.8) is 0 Å². The molecule has 2 aromatic rings. The summed E-state index contributed by atoms with van der Waals surface area (Å²) in [4.78, 5) is 53.1. The minimum absolute atomic E-state index is 0.108. The van der Waals surface area contributed by atoms with Crippen molar-refractivity contribution in [1.29, 1.82) is 0 Å². The third-order valence-electron chi connectivity index (χ3n) is 9.14. The van der Waals surface area contributed by atoms with Crippen LogP contribution in [0, 0.1) is 0 Å². The van der Waals surface area contributed by atoms with Crippen molar-refractivity contribution >= 4 is 29.7 Å². The molecule has 2 fully saturated rings. The van der Waals surface area contributed by atoms with Crippen LogP contribution >= 0.6 is 0 Å². The molecule has 1 spiro atoms. The van der Waals surface area contributed by atoms with Crippen LogP contribution in [0.5, 0.6) is 5.75 Å². The van der Waals surface area contributed by atoms with Crippen LogP contribution in [0.15, 0.2) is 36.4 Å². The van der Waals surface area contributed by atoms with Gasteiger partial charge in [-0.25, -0.2) is 0 Å². The van der Waals surface area contributed by atoms with E-state index in [1.807, 2.05) is 42.3 Å². The van der Waals surface area contributed by atoms with Gasteiger partial charge in [-0.2, -0.15) is 0 Å². The molecule has 2 aromatic carbocycles. The zero-order valence-electron chi connectivity index (χ0n) is 24.0. The number of hydrogen-bond acceptors (Lipinski definition) is 7. The predicted octanol–water partition coefficient (Wildman–Crippen LogP) is 3.44. The molecular weight excluding hydrogens is 520 g/mol. The zero-order chi connectivity index (χ0) is 29.0. The second kappa shape index (κ2) is 12.5. The lowest BCUT2D eigenvalue weighted by molar-refractivity contribution is -0.137. The summed E-state index contributed by atoms with van der Waals surface area (Å²) in [6, 6.07) is 11.3. The molecule has 1 atom stereocenters. The highest BCUT2D eigenvalue weighted by molar-refractivity contribution is 6.06. The number of hydrogen-bond donors (Lipinski definition) is 2. The van der Waals surface area contributed by atoms with E-state index in [-0.39, 0.29) is 23.8 Å². The SMILES string of the molecule is COc1ccc2c(c1)C1(CCN(CCCCCc3cccc(C=O)c3CN(C)C3CCC(=O)NC3=O)CC1)C(=O)N2. The van der Waals surface area contributed by atoms with E-state index in [2.05, 4.69) is 21.6 Å². The second-order valence-electron chi connectivity index (χ2n) is 11.6. The quantitative estimate of drug-likeness (QED) is 0.246. The molecule has 0 aromatic heterocycles. The lowest BCUT2D eigenvalue weighted by Gasteiger charge is -2.38. The van der Waals surface area contributed by atoms with Crippen molar-refractivity contribution in [1.82, 2.24) is 15.1 Å². The summed E-state index contributed by atoms with van der Waals surface area (Å²) >= 11 is 0. The third kappa shape index (κ3) is 6.06. The maximum absolute atomic E-state index is 13.0. The van der Waals surface area contributed by atoms with Gasteiger partial charge in [0, 0.05) is 24.2 Å². The van der Waals surface area contributed by atoms with Crippen molar-refractivity contribution in [3.8, 4) is 5.75 Å². The minimum Gasteiger partial charge on any atom is -0.497 e. The zero-order valence-corrected chi connectivity index (χ0v) is 24.0. The largest absolute Gasteiger partial charge is 0.497 e. The van der Waals surface area contributed by atoms with Crippen molar-refractivity contribution in [2.24, 2.45) is 0 Å². The number of unbranched alkanes of at least 4 members (excludes halogenated alkanes) is 2. The average molecular weight is 561 g/mol. The molecule has 2 saturated heterocycles. The van der Waals surface area contributed by atoms with Gasteiger partial charge in [0.15, 0.2) is 0 Å². The fraction of sp³-hybridized carbons (Fsp3) is 0.500. The number of carbonyl (C=O) groups is 4. The molecule has 3 aliphatic heterocycles. The molecule has 0 saturated carbocycles. The third-order valence-corrected chi connectivity index (χ3v) is 9.14. The van der Waals surface area contributed by atoms with Crippen LogP contribution in [0.1, 0.15) is 72.0 Å². The number of methoxy groups -OCH3 is 1. The summed E-state index contributed by atoms with van der Waals surface area (Å²) in [6.45, 7) is 3.27. The van der Waals surface area contributed by atoms with Crippen LogP contribution in [-0.2, 0) is 32.8 Å². The topological polar surface area (TPSA) is 108 Å². The van der Waals surface area contributed by atoms with Crippen LogP contribution in [0.4, 0.5) is 5.69 Å². The van der Waals surface area contributed by atoms with Gasteiger partial charge in [0.1, 0.15) is 12.0 Å². The number of ether oxygens (including phenoxy) is 1. The number of carbonyl (C=O) groups excluding carboxylic acids is 4. The molecule has 1 unspecified atom stereocenters. The van der Waals surface area contributed by atoms with Gasteiger partial charge in [-0.15, -0.1) is 0 Å². The lowest BCUT2D eigenvalue weighted by atomic mass is 9.73. The van der Waals surface area contributed by atoms with E-state index in [1.165, 1.54) is 0 Å². The molecule has 3 aliphatic rings. The lowest BCUT2D eigenvalue weighted by Crippen LogP contribution is -2.51. The number of anilines is 1. The Kier molecular flexibility index (Phi) is 8.85. The number of amides is 3. The number of nitrogens with zero attached hydrogens (tertiary/aromatic N) is 2. The maximum Gasteiger partial charge on any atom is 0.243 e. The molecule has 0 bridgehead atoms.